The van der Waals surface area contributed by atoms with E-state index < -0.39 is 0 Å². The molecule has 0 aromatic carbocycles. The summed E-state index contributed by atoms with van der Waals surface area (Å²) >= 11 is 0. The first-order valence-electron chi connectivity index (χ1n) is 9.86. The average Bonchev–Trinajstić information content (AvgIpc) is 2.64. The Morgan fingerprint density at radius 3 is 1.38 bits per heavy atom. The fourth-order valence-corrected chi connectivity index (χ4v) is 2.07. The van der Waals surface area contributed by atoms with Gasteiger partial charge in [-0.25, -0.2) is 0 Å². The lowest BCUT2D eigenvalue weighted by atomic mass is 10.2. The maximum Gasteiger partial charge on any atom is 0.306 e. The molecule has 0 N–H and O–H groups in total. The number of ether oxygens (including phenoxy) is 1. The van der Waals surface area contributed by atoms with Crippen LogP contribution in [0.1, 0.15) is 65.2 Å². The Morgan fingerprint density at radius 1 is 0.615 bits per heavy atom. The van der Waals surface area contributed by atoms with Crippen LogP contribution in [-0.4, -0.2) is 12.6 Å². The van der Waals surface area contributed by atoms with Gasteiger partial charge in [0.15, 0.2) is 0 Å². The molecule has 0 spiro atoms. The van der Waals surface area contributed by atoms with Crippen molar-refractivity contribution in [1.82, 2.24) is 0 Å². The van der Waals surface area contributed by atoms with Crippen LogP contribution in [0.4, 0.5) is 0 Å². The van der Waals surface area contributed by atoms with Crippen molar-refractivity contribution in [2.75, 3.05) is 6.61 Å². The molecule has 0 atom stereocenters. The molecule has 0 saturated heterocycles. The maximum atomic E-state index is 11.1. The Balaban J connectivity index is 3.54. The predicted molar refractivity (Wildman–Crippen MR) is 114 cm³/mol. The highest BCUT2D eigenvalue weighted by Gasteiger charge is 1.97. The smallest absolute Gasteiger partial charge is 0.306 e. The van der Waals surface area contributed by atoms with E-state index in [-0.39, 0.29) is 5.97 Å². The first kappa shape index (κ1) is 23.9. The van der Waals surface area contributed by atoms with Gasteiger partial charge in [0.1, 0.15) is 0 Å². The predicted octanol–water partition coefficient (Wildman–Crippen LogP) is 7.03. The van der Waals surface area contributed by atoms with Crippen LogP contribution in [0.25, 0.3) is 0 Å². The summed E-state index contributed by atoms with van der Waals surface area (Å²) in [6.07, 6.45) is 33.3. The molecule has 0 bridgehead atoms. The minimum atomic E-state index is -0.118. The van der Waals surface area contributed by atoms with E-state index in [0.29, 0.717) is 13.0 Å². The van der Waals surface area contributed by atoms with Crippen LogP contribution in [0.2, 0.25) is 0 Å². The molecule has 0 saturated carbocycles. The lowest BCUT2D eigenvalue weighted by molar-refractivity contribution is -0.142. The van der Waals surface area contributed by atoms with Crippen LogP contribution >= 0.6 is 0 Å². The molecule has 2 nitrogen and oxygen atoms in total. The van der Waals surface area contributed by atoms with E-state index in [0.717, 1.165) is 44.9 Å². The molecular weight excluding hydrogens is 320 g/mol. The van der Waals surface area contributed by atoms with Crippen LogP contribution in [0.3, 0.4) is 0 Å². The fraction of sp³-hybridized carbons (Fsp3) is 0.458. The highest BCUT2D eigenvalue weighted by atomic mass is 16.5. The molecule has 0 unspecified atom stereocenters. The van der Waals surface area contributed by atoms with E-state index in [1.165, 1.54) is 0 Å². The number of esters is 1. The summed E-state index contributed by atoms with van der Waals surface area (Å²) in [5.41, 5.74) is 0. The fourth-order valence-electron chi connectivity index (χ4n) is 2.07. The summed E-state index contributed by atoms with van der Waals surface area (Å²) in [5, 5.41) is 0. The van der Waals surface area contributed by atoms with Gasteiger partial charge in [-0.15, -0.1) is 0 Å². The van der Waals surface area contributed by atoms with Crippen LogP contribution in [0.5, 0.6) is 0 Å². The van der Waals surface area contributed by atoms with E-state index >= 15 is 0 Å². The quantitative estimate of drug-likeness (QED) is 0.232. The van der Waals surface area contributed by atoms with Crippen molar-refractivity contribution in [3.63, 3.8) is 0 Å². The number of carbonyl (C=O) groups is 1. The summed E-state index contributed by atoms with van der Waals surface area (Å²) in [6, 6.07) is 0. The number of hydrogen-bond donors (Lipinski definition) is 0. The molecular formula is C24H36O2. The van der Waals surface area contributed by atoms with Gasteiger partial charge in [0.05, 0.1) is 6.61 Å². The Bertz CT molecular complexity index is 490. The van der Waals surface area contributed by atoms with Gasteiger partial charge >= 0.3 is 5.97 Å². The Labute approximate surface area is 160 Å². The molecule has 0 aliphatic carbocycles. The standard InChI is InChI=1S/C24H36O2/c1-3-5-6-7-8-9-10-11-12-13-14-15-16-17-18-19-20-21-22-23-24(25)26-4-2/h5-6,8-9,11-12,14-15,17-18,20-21H,3-4,7,10,13,16,19,22-23H2,1-2H3/b6-5+,9-8+,12-11+,15-14+,18-17+,21-20+. The topological polar surface area (TPSA) is 26.3 Å². The molecule has 0 rings (SSSR count). The highest BCUT2D eigenvalue weighted by molar-refractivity contribution is 5.69. The lowest BCUT2D eigenvalue weighted by Gasteiger charge is -1.97. The highest BCUT2D eigenvalue weighted by Crippen LogP contribution is 1.98. The summed E-state index contributed by atoms with van der Waals surface area (Å²) in [7, 11) is 0. The van der Waals surface area contributed by atoms with Crippen molar-refractivity contribution in [2.24, 2.45) is 0 Å². The van der Waals surface area contributed by atoms with Gasteiger partial charge < -0.3 is 4.74 Å². The van der Waals surface area contributed by atoms with Crippen LogP contribution in [0, 0.1) is 0 Å². The zero-order chi connectivity index (χ0) is 19.1. The van der Waals surface area contributed by atoms with Gasteiger partial charge in [0.2, 0.25) is 0 Å². The molecule has 0 aromatic heterocycles. The van der Waals surface area contributed by atoms with E-state index in [1.54, 1.807) is 0 Å². The van der Waals surface area contributed by atoms with Crippen molar-refractivity contribution in [1.29, 1.82) is 0 Å². The molecule has 26 heavy (non-hydrogen) atoms. The maximum absolute atomic E-state index is 11.1. The van der Waals surface area contributed by atoms with Gasteiger partial charge in [-0.3, -0.25) is 4.79 Å². The number of carbonyl (C=O) groups excluding carboxylic acids is 1. The van der Waals surface area contributed by atoms with Gasteiger partial charge in [-0.05, 0) is 51.9 Å². The van der Waals surface area contributed by atoms with Crippen molar-refractivity contribution in [3.8, 4) is 0 Å². The van der Waals surface area contributed by atoms with E-state index in [4.69, 9.17) is 4.74 Å². The zero-order valence-corrected chi connectivity index (χ0v) is 16.6. The molecule has 0 amide bonds. The van der Waals surface area contributed by atoms with Gasteiger partial charge in [0.25, 0.3) is 0 Å². The van der Waals surface area contributed by atoms with E-state index in [1.807, 2.05) is 13.0 Å². The van der Waals surface area contributed by atoms with Crippen LogP contribution in [-0.2, 0) is 9.53 Å². The summed E-state index contributed by atoms with van der Waals surface area (Å²) < 4.78 is 4.87. The SMILES string of the molecule is CC/C=C/C/C=C/C/C=C/C/C=C/C/C=C/C/C=C/CCC(=O)OCC. The first-order chi connectivity index (χ1) is 12.8. The van der Waals surface area contributed by atoms with Crippen molar-refractivity contribution in [3.05, 3.63) is 72.9 Å². The lowest BCUT2D eigenvalue weighted by Crippen LogP contribution is -2.02. The van der Waals surface area contributed by atoms with Crippen LogP contribution in [0.15, 0.2) is 72.9 Å². The van der Waals surface area contributed by atoms with Crippen molar-refractivity contribution in [2.45, 2.75) is 65.2 Å². The average molecular weight is 357 g/mol. The van der Waals surface area contributed by atoms with Crippen molar-refractivity contribution >= 4 is 5.97 Å². The van der Waals surface area contributed by atoms with Gasteiger partial charge in [-0.2, -0.15) is 0 Å². The zero-order valence-electron chi connectivity index (χ0n) is 16.6. The normalized spacial score (nSPS) is 12.8. The second-order valence-corrected chi connectivity index (χ2v) is 5.76. The van der Waals surface area contributed by atoms with Gasteiger partial charge in [-0.1, -0.05) is 79.8 Å². The molecule has 0 aliphatic heterocycles. The minimum absolute atomic E-state index is 0.118. The summed E-state index contributed by atoms with van der Waals surface area (Å²) in [6.45, 7) is 4.44. The minimum Gasteiger partial charge on any atom is -0.466 e. The Hall–Kier alpha value is -2.09. The monoisotopic (exact) mass is 356 g/mol. The van der Waals surface area contributed by atoms with Gasteiger partial charge in [0, 0.05) is 6.42 Å². The largest absolute Gasteiger partial charge is 0.466 e. The number of hydrogen-bond acceptors (Lipinski definition) is 2. The summed E-state index contributed by atoms with van der Waals surface area (Å²) in [5.74, 6) is -0.118. The Kier molecular flexibility index (Phi) is 19.3. The van der Waals surface area contributed by atoms with Crippen LogP contribution < -0.4 is 0 Å². The molecule has 0 aliphatic rings. The molecule has 0 aromatic rings. The second kappa shape index (κ2) is 21.0. The van der Waals surface area contributed by atoms with Crippen molar-refractivity contribution < 1.29 is 9.53 Å². The third-order valence-corrected chi connectivity index (χ3v) is 3.42. The number of rotatable bonds is 15. The molecule has 0 fully saturated rings. The third-order valence-electron chi connectivity index (χ3n) is 3.42. The molecule has 2 heteroatoms. The van der Waals surface area contributed by atoms with E-state index in [9.17, 15) is 4.79 Å². The molecule has 0 heterocycles. The molecule has 144 valence electrons. The number of allylic oxidation sites excluding steroid dienone is 12. The first-order valence-corrected chi connectivity index (χ1v) is 9.86. The third kappa shape index (κ3) is 20.0. The Morgan fingerprint density at radius 2 is 1.00 bits per heavy atom. The summed E-state index contributed by atoms with van der Waals surface area (Å²) in [4.78, 5) is 11.1. The second-order valence-electron chi connectivity index (χ2n) is 5.76. The van der Waals surface area contributed by atoms with E-state index in [2.05, 4.69) is 73.8 Å². The molecule has 0 radical (unpaired) electrons.